The maximum absolute atomic E-state index is 7.22. The molecule has 0 atom stereocenters. The Morgan fingerprint density at radius 2 is 1.02 bits per heavy atom. The van der Waals surface area contributed by atoms with E-state index < -0.39 is 0 Å². The predicted molar refractivity (Wildman–Crippen MR) is 234 cm³/mol. The molecule has 12 rings (SSSR count). The van der Waals surface area contributed by atoms with Gasteiger partial charge in [0.05, 0.1) is 11.4 Å². The SMILES string of the molecule is CC1(C)c2ccccc2-c2ccc(N(c3cccc4ccccc34)c3ccc(-c4cccc5ccccc45)c4c3oc3ccc5oc6ccccc6c5c34)cc21. The van der Waals surface area contributed by atoms with Gasteiger partial charge in [0.1, 0.15) is 16.7 Å². The lowest BCUT2D eigenvalue weighted by atomic mass is 9.82. The van der Waals surface area contributed by atoms with Crippen LogP contribution in [0.3, 0.4) is 0 Å². The van der Waals surface area contributed by atoms with Crippen molar-refractivity contribution in [3.63, 3.8) is 0 Å². The first-order valence-corrected chi connectivity index (χ1v) is 19.3. The van der Waals surface area contributed by atoms with Gasteiger partial charge in [0, 0.05) is 38.0 Å². The van der Waals surface area contributed by atoms with Gasteiger partial charge < -0.3 is 13.7 Å². The molecule has 0 spiro atoms. The highest BCUT2D eigenvalue weighted by molar-refractivity contribution is 6.30. The number of anilines is 3. The molecule has 9 aromatic carbocycles. The van der Waals surface area contributed by atoms with E-state index in [4.69, 9.17) is 8.83 Å². The van der Waals surface area contributed by atoms with Gasteiger partial charge in [-0.2, -0.15) is 0 Å². The summed E-state index contributed by atoms with van der Waals surface area (Å²) >= 11 is 0. The zero-order valence-electron chi connectivity index (χ0n) is 31.0. The number of nitrogens with zero attached hydrogens (tertiary/aromatic N) is 1. The third-order valence-electron chi connectivity index (χ3n) is 12.3. The molecule has 0 fully saturated rings. The summed E-state index contributed by atoms with van der Waals surface area (Å²) in [5.74, 6) is 0. The van der Waals surface area contributed by atoms with E-state index in [1.54, 1.807) is 0 Å². The van der Waals surface area contributed by atoms with Crippen molar-refractivity contribution in [2.24, 2.45) is 0 Å². The van der Waals surface area contributed by atoms with Crippen LogP contribution in [-0.4, -0.2) is 0 Å². The van der Waals surface area contributed by atoms with Crippen molar-refractivity contribution < 1.29 is 8.83 Å². The van der Waals surface area contributed by atoms with Crippen LogP contribution in [0.2, 0.25) is 0 Å². The monoisotopic (exact) mass is 717 g/mol. The largest absolute Gasteiger partial charge is 0.456 e. The van der Waals surface area contributed by atoms with Crippen molar-refractivity contribution in [1.82, 2.24) is 0 Å². The van der Waals surface area contributed by atoms with E-state index in [1.165, 1.54) is 49.4 Å². The normalized spacial score (nSPS) is 13.3. The van der Waals surface area contributed by atoms with Gasteiger partial charge in [0.2, 0.25) is 0 Å². The average Bonchev–Trinajstić information content (AvgIpc) is 3.89. The van der Waals surface area contributed by atoms with Gasteiger partial charge in [-0.15, -0.1) is 0 Å². The summed E-state index contributed by atoms with van der Waals surface area (Å²) in [6, 6.07) is 63.4. The summed E-state index contributed by atoms with van der Waals surface area (Å²) in [6.45, 7) is 4.70. The van der Waals surface area contributed by atoms with E-state index in [9.17, 15) is 0 Å². The van der Waals surface area contributed by atoms with Crippen molar-refractivity contribution >= 4 is 82.5 Å². The van der Waals surface area contributed by atoms with Gasteiger partial charge >= 0.3 is 0 Å². The van der Waals surface area contributed by atoms with Gasteiger partial charge in [0.25, 0.3) is 0 Å². The molecule has 3 nitrogen and oxygen atoms in total. The van der Waals surface area contributed by atoms with E-state index in [0.29, 0.717) is 0 Å². The Kier molecular flexibility index (Phi) is 6.40. The zero-order chi connectivity index (χ0) is 37.1. The number of hydrogen-bond donors (Lipinski definition) is 0. The first-order chi connectivity index (χ1) is 27.5. The molecule has 0 bridgehead atoms. The van der Waals surface area contributed by atoms with Crippen LogP contribution >= 0.6 is 0 Å². The number of hydrogen-bond acceptors (Lipinski definition) is 3. The van der Waals surface area contributed by atoms with Crippen LogP contribution < -0.4 is 4.90 Å². The molecule has 2 aromatic heterocycles. The molecule has 0 saturated carbocycles. The van der Waals surface area contributed by atoms with Crippen molar-refractivity contribution in [1.29, 1.82) is 0 Å². The fourth-order valence-electron chi connectivity index (χ4n) is 9.67. The summed E-state index contributed by atoms with van der Waals surface area (Å²) in [5, 5.41) is 9.05. The van der Waals surface area contributed by atoms with Crippen LogP contribution in [0, 0.1) is 0 Å². The van der Waals surface area contributed by atoms with Crippen molar-refractivity contribution in [2.75, 3.05) is 4.90 Å². The molecule has 0 unspecified atom stereocenters. The highest BCUT2D eigenvalue weighted by Gasteiger charge is 2.36. The molecule has 0 amide bonds. The molecular weight excluding hydrogens is 683 g/mol. The third-order valence-corrected chi connectivity index (χ3v) is 12.3. The number of para-hydroxylation sites is 1. The van der Waals surface area contributed by atoms with E-state index in [0.717, 1.165) is 66.5 Å². The maximum Gasteiger partial charge on any atom is 0.160 e. The Bertz CT molecular complexity index is 3410. The van der Waals surface area contributed by atoms with E-state index in [2.05, 4.69) is 189 Å². The van der Waals surface area contributed by atoms with E-state index >= 15 is 0 Å². The molecule has 0 N–H and O–H groups in total. The van der Waals surface area contributed by atoms with Gasteiger partial charge in [-0.1, -0.05) is 147 Å². The number of benzene rings is 9. The lowest BCUT2D eigenvalue weighted by Crippen LogP contribution is -2.16. The minimum absolute atomic E-state index is 0.160. The third kappa shape index (κ3) is 4.28. The molecule has 2 heterocycles. The fourth-order valence-corrected chi connectivity index (χ4v) is 9.67. The molecule has 3 heteroatoms. The maximum atomic E-state index is 7.22. The number of rotatable bonds is 4. The Labute approximate surface area is 323 Å². The van der Waals surface area contributed by atoms with E-state index in [1.807, 2.05) is 6.07 Å². The molecule has 0 aliphatic heterocycles. The highest BCUT2D eigenvalue weighted by atomic mass is 16.3. The predicted octanol–water partition coefficient (Wildman–Crippen LogP) is 15.2. The van der Waals surface area contributed by atoms with Crippen LogP contribution in [-0.2, 0) is 5.41 Å². The first kappa shape index (κ1) is 31.3. The molecule has 0 radical (unpaired) electrons. The van der Waals surface area contributed by atoms with Gasteiger partial charge in [-0.3, -0.25) is 0 Å². The van der Waals surface area contributed by atoms with Crippen molar-refractivity contribution in [3.05, 3.63) is 187 Å². The lowest BCUT2D eigenvalue weighted by molar-refractivity contribution is 0.660. The Morgan fingerprint density at radius 3 is 1.88 bits per heavy atom. The topological polar surface area (TPSA) is 29.5 Å². The average molecular weight is 718 g/mol. The molecular formula is C53H35NO2. The second-order valence-corrected chi connectivity index (χ2v) is 15.6. The molecule has 1 aliphatic rings. The second-order valence-electron chi connectivity index (χ2n) is 15.6. The molecule has 0 saturated heterocycles. The highest BCUT2D eigenvalue weighted by Crippen LogP contribution is 2.53. The molecule has 1 aliphatic carbocycles. The fraction of sp³-hybridized carbons (Fsp3) is 0.0566. The number of fused-ring (bicyclic) bond motifs is 12. The smallest absolute Gasteiger partial charge is 0.160 e. The van der Waals surface area contributed by atoms with Gasteiger partial charge in [-0.05, 0) is 92.0 Å². The molecule has 56 heavy (non-hydrogen) atoms. The standard InChI is InChI=1S/C53H35NO2/c1-53(2)42-22-9-7-19-38(42)39-26-25-34(31-43(39)53)54(44-23-12-16-33-14-4-6-18-36(33)44)45-28-27-40(37-21-11-15-32-13-3-5-17-35(32)37)50-51-48(56-52(45)50)30-29-47-49(51)41-20-8-10-24-46(41)55-47/h3-31H,1-2H3. The first-order valence-electron chi connectivity index (χ1n) is 19.3. The van der Waals surface area contributed by atoms with Crippen LogP contribution in [0.1, 0.15) is 25.0 Å². The lowest BCUT2D eigenvalue weighted by Gasteiger charge is -2.29. The summed E-state index contributed by atoms with van der Waals surface area (Å²) in [4.78, 5) is 2.42. The molecule has 264 valence electrons. The van der Waals surface area contributed by atoms with Crippen LogP contribution in [0.25, 0.3) is 87.7 Å². The summed E-state index contributed by atoms with van der Waals surface area (Å²) in [5.41, 5.74) is 14.0. The van der Waals surface area contributed by atoms with Crippen molar-refractivity contribution in [3.8, 4) is 22.3 Å². The second kappa shape index (κ2) is 11.5. The van der Waals surface area contributed by atoms with Gasteiger partial charge in [0.15, 0.2) is 5.58 Å². The minimum Gasteiger partial charge on any atom is -0.456 e. The Hall–Kier alpha value is -7.10. The number of furan rings is 2. The van der Waals surface area contributed by atoms with E-state index in [-0.39, 0.29) is 5.41 Å². The Balaban J connectivity index is 1.22. The summed E-state index contributed by atoms with van der Waals surface area (Å²) in [6.07, 6.45) is 0. The Morgan fingerprint density at radius 1 is 0.393 bits per heavy atom. The quantitative estimate of drug-likeness (QED) is 0.182. The minimum atomic E-state index is -0.160. The van der Waals surface area contributed by atoms with Crippen molar-refractivity contribution in [2.45, 2.75) is 19.3 Å². The summed E-state index contributed by atoms with van der Waals surface area (Å²) in [7, 11) is 0. The van der Waals surface area contributed by atoms with Crippen LogP contribution in [0.4, 0.5) is 17.1 Å². The van der Waals surface area contributed by atoms with Crippen LogP contribution in [0.15, 0.2) is 185 Å². The molecule has 11 aromatic rings. The zero-order valence-corrected chi connectivity index (χ0v) is 31.0. The van der Waals surface area contributed by atoms with Crippen LogP contribution in [0.5, 0.6) is 0 Å². The summed E-state index contributed by atoms with van der Waals surface area (Å²) < 4.78 is 13.7. The van der Waals surface area contributed by atoms with Gasteiger partial charge in [-0.25, -0.2) is 0 Å².